The van der Waals surface area contributed by atoms with Gasteiger partial charge in [-0.1, -0.05) is 19.1 Å². The minimum atomic E-state index is -0.439. The average Bonchev–Trinajstić information content (AvgIpc) is 2.14. The maximum absolute atomic E-state index is 9.83. The first-order valence-electron chi connectivity index (χ1n) is 5.27. The van der Waals surface area contributed by atoms with Crippen molar-refractivity contribution in [2.24, 2.45) is 0 Å². The van der Waals surface area contributed by atoms with E-state index in [9.17, 15) is 5.11 Å². The average molecular weight is 213 g/mol. The van der Waals surface area contributed by atoms with Gasteiger partial charge in [0.15, 0.2) is 0 Å². The van der Waals surface area contributed by atoms with E-state index >= 15 is 0 Å². The Morgan fingerprint density at radius 3 is 2.60 bits per heavy atom. The SMILES string of the molecule is C=CCC(O)/C(=C/C(C)(C)NOC)CC. The molecule has 3 nitrogen and oxygen atoms in total. The molecule has 0 aromatic carbocycles. The Morgan fingerprint density at radius 2 is 2.20 bits per heavy atom. The molecule has 0 aliphatic rings. The summed E-state index contributed by atoms with van der Waals surface area (Å²) in [5, 5.41) is 9.83. The molecule has 0 fully saturated rings. The van der Waals surface area contributed by atoms with Crippen LogP contribution in [0.3, 0.4) is 0 Å². The van der Waals surface area contributed by atoms with Gasteiger partial charge in [-0.3, -0.25) is 0 Å². The van der Waals surface area contributed by atoms with Crippen LogP contribution in [-0.2, 0) is 4.84 Å². The molecule has 0 aliphatic heterocycles. The second kappa shape index (κ2) is 6.77. The van der Waals surface area contributed by atoms with Crippen LogP contribution < -0.4 is 5.48 Å². The zero-order valence-corrected chi connectivity index (χ0v) is 10.2. The van der Waals surface area contributed by atoms with Crippen LogP contribution in [0.25, 0.3) is 0 Å². The van der Waals surface area contributed by atoms with Gasteiger partial charge in [-0.2, -0.15) is 5.48 Å². The fourth-order valence-electron chi connectivity index (χ4n) is 1.50. The highest BCUT2D eigenvalue weighted by Crippen LogP contribution is 2.16. The largest absolute Gasteiger partial charge is 0.388 e. The molecule has 0 saturated carbocycles. The number of hydrogen-bond acceptors (Lipinski definition) is 3. The molecule has 3 heteroatoms. The molecule has 2 N–H and O–H groups in total. The second-order valence-corrected chi connectivity index (χ2v) is 4.14. The van der Waals surface area contributed by atoms with Crippen molar-refractivity contribution in [3.8, 4) is 0 Å². The Labute approximate surface area is 92.8 Å². The Bertz CT molecular complexity index is 222. The molecular weight excluding hydrogens is 190 g/mol. The molecule has 88 valence electrons. The topological polar surface area (TPSA) is 41.5 Å². The van der Waals surface area contributed by atoms with E-state index in [1.807, 2.05) is 26.8 Å². The van der Waals surface area contributed by atoms with Crippen LogP contribution in [-0.4, -0.2) is 23.9 Å². The fourth-order valence-corrected chi connectivity index (χ4v) is 1.50. The number of aliphatic hydroxyl groups excluding tert-OH is 1. The van der Waals surface area contributed by atoms with E-state index in [0.717, 1.165) is 12.0 Å². The maximum atomic E-state index is 9.83. The molecule has 1 unspecified atom stereocenters. The highest BCUT2D eigenvalue weighted by atomic mass is 16.6. The van der Waals surface area contributed by atoms with Crippen molar-refractivity contribution in [2.45, 2.75) is 45.3 Å². The first-order chi connectivity index (χ1) is 6.96. The third-order valence-electron chi connectivity index (χ3n) is 2.14. The van der Waals surface area contributed by atoms with Crippen LogP contribution >= 0.6 is 0 Å². The predicted octanol–water partition coefficient (Wildman–Crippen LogP) is 2.19. The van der Waals surface area contributed by atoms with Crippen molar-refractivity contribution in [3.05, 3.63) is 24.3 Å². The van der Waals surface area contributed by atoms with E-state index in [1.165, 1.54) is 0 Å². The number of aliphatic hydroxyl groups is 1. The molecule has 0 aliphatic carbocycles. The summed E-state index contributed by atoms with van der Waals surface area (Å²) in [7, 11) is 1.58. The summed E-state index contributed by atoms with van der Waals surface area (Å²) in [4.78, 5) is 4.90. The molecule has 1 atom stereocenters. The smallest absolute Gasteiger partial charge is 0.0784 e. The zero-order chi connectivity index (χ0) is 11.9. The Hall–Kier alpha value is -0.640. The monoisotopic (exact) mass is 213 g/mol. The molecule has 0 saturated heterocycles. The van der Waals surface area contributed by atoms with Gasteiger partial charge in [0.25, 0.3) is 0 Å². The number of rotatable bonds is 7. The molecule has 0 heterocycles. The van der Waals surface area contributed by atoms with Crippen LogP contribution in [0.15, 0.2) is 24.3 Å². The lowest BCUT2D eigenvalue weighted by atomic mass is 9.96. The van der Waals surface area contributed by atoms with E-state index in [1.54, 1.807) is 13.2 Å². The zero-order valence-electron chi connectivity index (χ0n) is 10.2. The van der Waals surface area contributed by atoms with Crippen molar-refractivity contribution in [1.29, 1.82) is 0 Å². The third kappa shape index (κ3) is 5.72. The summed E-state index contributed by atoms with van der Waals surface area (Å²) in [5.41, 5.74) is 3.60. The fraction of sp³-hybridized carbons (Fsp3) is 0.667. The highest BCUT2D eigenvalue weighted by molar-refractivity contribution is 5.15. The molecule has 0 spiro atoms. The van der Waals surface area contributed by atoms with Crippen LogP contribution in [0.2, 0.25) is 0 Å². The number of hydroxylamine groups is 1. The van der Waals surface area contributed by atoms with Crippen LogP contribution in [0.4, 0.5) is 0 Å². The standard InChI is InChI=1S/C12H23NO2/c1-6-8-11(14)10(7-2)9-12(3,4)13-15-5/h6,9,11,13-14H,1,7-8H2,2-5H3/b10-9+. The molecule has 0 aromatic rings. The van der Waals surface area contributed by atoms with Crippen LogP contribution in [0.5, 0.6) is 0 Å². The van der Waals surface area contributed by atoms with Gasteiger partial charge >= 0.3 is 0 Å². The Kier molecular flexibility index (Phi) is 6.48. The van der Waals surface area contributed by atoms with Crippen LogP contribution in [0.1, 0.15) is 33.6 Å². The van der Waals surface area contributed by atoms with Gasteiger partial charge in [-0.15, -0.1) is 6.58 Å². The summed E-state index contributed by atoms with van der Waals surface area (Å²) in [6.07, 6.45) is 4.70. The van der Waals surface area contributed by atoms with Crippen molar-refractivity contribution >= 4 is 0 Å². The molecule has 0 amide bonds. The summed E-state index contributed by atoms with van der Waals surface area (Å²) < 4.78 is 0. The van der Waals surface area contributed by atoms with Gasteiger partial charge in [-0.25, -0.2) is 0 Å². The van der Waals surface area contributed by atoms with Crippen molar-refractivity contribution in [2.75, 3.05) is 7.11 Å². The van der Waals surface area contributed by atoms with Gasteiger partial charge < -0.3 is 9.94 Å². The number of nitrogens with one attached hydrogen (secondary N) is 1. The van der Waals surface area contributed by atoms with E-state index in [0.29, 0.717) is 6.42 Å². The van der Waals surface area contributed by atoms with E-state index in [4.69, 9.17) is 4.84 Å². The van der Waals surface area contributed by atoms with E-state index < -0.39 is 6.10 Å². The van der Waals surface area contributed by atoms with Gasteiger partial charge in [0.05, 0.1) is 18.8 Å². The molecular formula is C12H23NO2. The molecule has 0 aromatic heterocycles. The maximum Gasteiger partial charge on any atom is 0.0784 e. The van der Waals surface area contributed by atoms with Crippen molar-refractivity contribution in [1.82, 2.24) is 5.48 Å². The molecule has 0 rings (SSSR count). The van der Waals surface area contributed by atoms with Gasteiger partial charge in [-0.05, 0) is 32.3 Å². The van der Waals surface area contributed by atoms with E-state index in [-0.39, 0.29) is 5.54 Å². The summed E-state index contributed by atoms with van der Waals surface area (Å²) >= 11 is 0. The van der Waals surface area contributed by atoms with Gasteiger partial charge in [0, 0.05) is 0 Å². The van der Waals surface area contributed by atoms with Crippen molar-refractivity contribution in [3.63, 3.8) is 0 Å². The first-order valence-corrected chi connectivity index (χ1v) is 5.27. The first kappa shape index (κ1) is 14.4. The minimum absolute atomic E-state index is 0.276. The van der Waals surface area contributed by atoms with Crippen molar-refractivity contribution < 1.29 is 9.94 Å². The van der Waals surface area contributed by atoms with E-state index in [2.05, 4.69) is 12.1 Å². The van der Waals surface area contributed by atoms with Gasteiger partial charge in [0.1, 0.15) is 0 Å². The Morgan fingerprint density at radius 1 is 1.60 bits per heavy atom. The molecule has 0 radical (unpaired) electrons. The quantitative estimate of drug-likeness (QED) is 0.503. The third-order valence-corrected chi connectivity index (χ3v) is 2.14. The van der Waals surface area contributed by atoms with Gasteiger partial charge in [0.2, 0.25) is 0 Å². The second-order valence-electron chi connectivity index (χ2n) is 4.14. The molecule has 15 heavy (non-hydrogen) atoms. The lowest BCUT2D eigenvalue weighted by Gasteiger charge is -2.23. The highest BCUT2D eigenvalue weighted by Gasteiger charge is 2.17. The lowest BCUT2D eigenvalue weighted by Crippen LogP contribution is -2.37. The summed E-state index contributed by atoms with van der Waals surface area (Å²) in [5.74, 6) is 0. The number of hydrogen-bond donors (Lipinski definition) is 2. The summed E-state index contributed by atoms with van der Waals surface area (Å²) in [6.45, 7) is 9.64. The summed E-state index contributed by atoms with van der Waals surface area (Å²) in [6, 6.07) is 0. The normalized spacial score (nSPS) is 15.1. The van der Waals surface area contributed by atoms with Crippen LogP contribution in [0, 0.1) is 0 Å². The predicted molar refractivity (Wildman–Crippen MR) is 63.4 cm³/mol. The molecule has 0 bridgehead atoms. The lowest BCUT2D eigenvalue weighted by molar-refractivity contribution is 0.0448. The Balaban J connectivity index is 4.62. The minimum Gasteiger partial charge on any atom is -0.388 e.